The van der Waals surface area contributed by atoms with Crippen LogP contribution in [0.15, 0.2) is 0 Å². The van der Waals surface area contributed by atoms with Gasteiger partial charge in [0, 0.05) is 0 Å². The molecule has 1 unspecified atom stereocenters. The molecule has 1 heterocycles. The Bertz CT molecular complexity index is 121. The van der Waals surface area contributed by atoms with Crippen LogP contribution in [0.5, 0.6) is 0 Å². The van der Waals surface area contributed by atoms with Crippen LogP contribution in [0.3, 0.4) is 0 Å². The van der Waals surface area contributed by atoms with Gasteiger partial charge in [-0.3, -0.25) is 4.90 Å². The van der Waals surface area contributed by atoms with Gasteiger partial charge in [-0.15, -0.1) is 0 Å². The first-order valence-corrected chi connectivity index (χ1v) is 3.29. The van der Waals surface area contributed by atoms with Crippen LogP contribution in [0.2, 0.25) is 0 Å². The van der Waals surface area contributed by atoms with E-state index in [1.807, 2.05) is 0 Å². The summed E-state index contributed by atoms with van der Waals surface area (Å²) in [4.78, 5) is 1.36. The summed E-state index contributed by atoms with van der Waals surface area (Å²) in [6.45, 7) is 0.574. The number of halogens is 3. The molecule has 10 heavy (non-hydrogen) atoms. The molecule has 1 saturated heterocycles. The molecule has 0 amide bonds. The van der Waals surface area contributed by atoms with Crippen LogP contribution in [-0.2, 0) is 0 Å². The van der Waals surface area contributed by atoms with Crippen molar-refractivity contribution in [3.63, 3.8) is 0 Å². The lowest BCUT2D eigenvalue weighted by Gasteiger charge is -2.21. The first-order chi connectivity index (χ1) is 4.52. The Balaban J connectivity index is 2.55. The monoisotopic (exact) mass is 153 g/mol. The molecule has 0 aromatic rings. The lowest BCUT2D eigenvalue weighted by atomic mass is 10.2. The highest BCUT2D eigenvalue weighted by atomic mass is 19.4. The Hall–Kier alpha value is -0.250. The number of nitrogens with zero attached hydrogens (tertiary/aromatic N) is 1. The standard InChI is InChI=1S/C6H10F3N/c1-10-4-2-3-5(10)6(7,8)9/h5H,2-4H2,1H3. The second-order valence-electron chi connectivity index (χ2n) is 2.68. The van der Waals surface area contributed by atoms with Crippen LogP contribution in [0.25, 0.3) is 0 Å². The summed E-state index contributed by atoms with van der Waals surface area (Å²) in [5, 5.41) is 0. The number of alkyl halides is 3. The minimum absolute atomic E-state index is 0.264. The summed E-state index contributed by atoms with van der Waals surface area (Å²) in [7, 11) is 1.52. The Morgan fingerprint density at radius 3 is 2.20 bits per heavy atom. The highest BCUT2D eigenvalue weighted by Gasteiger charge is 2.44. The molecular weight excluding hydrogens is 143 g/mol. The largest absolute Gasteiger partial charge is 0.404 e. The molecule has 0 spiro atoms. The summed E-state index contributed by atoms with van der Waals surface area (Å²) in [5.41, 5.74) is 0. The van der Waals surface area contributed by atoms with E-state index in [0.29, 0.717) is 13.0 Å². The van der Waals surface area contributed by atoms with Gasteiger partial charge >= 0.3 is 6.18 Å². The molecule has 1 aliphatic heterocycles. The van der Waals surface area contributed by atoms with Crippen LogP contribution in [0, 0.1) is 0 Å². The highest BCUT2D eigenvalue weighted by Crippen LogP contribution is 2.30. The third kappa shape index (κ3) is 1.42. The number of likely N-dealkylation sites (tertiary alicyclic amines) is 1. The Labute approximate surface area is 57.8 Å². The predicted octanol–water partition coefficient (Wildman–Crippen LogP) is 1.64. The maximum Gasteiger partial charge on any atom is 0.404 e. The van der Waals surface area contributed by atoms with Crippen molar-refractivity contribution in [2.75, 3.05) is 13.6 Å². The summed E-state index contributed by atoms with van der Waals surface area (Å²) in [5.74, 6) is 0. The highest BCUT2D eigenvalue weighted by molar-refractivity contribution is 4.82. The van der Waals surface area contributed by atoms with Crippen molar-refractivity contribution in [1.29, 1.82) is 0 Å². The van der Waals surface area contributed by atoms with E-state index in [9.17, 15) is 13.2 Å². The van der Waals surface area contributed by atoms with Crippen molar-refractivity contribution in [3.05, 3.63) is 0 Å². The molecule has 0 aromatic heterocycles. The number of rotatable bonds is 0. The fourth-order valence-electron chi connectivity index (χ4n) is 1.32. The quantitative estimate of drug-likeness (QED) is 0.511. The Morgan fingerprint density at radius 2 is 2.00 bits per heavy atom. The van der Waals surface area contributed by atoms with E-state index in [2.05, 4.69) is 0 Å². The van der Waals surface area contributed by atoms with E-state index in [0.717, 1.165) is 0 Å². The van der Waals surface area contributed by atoms with E-state index >= 15 is 0 Å². The van der Waals surface area contributed by atoms with Gasteiger partial charge in [-0.1, -0.05) is 0 Å². The van der Waals surface area contributed by atoms with Crippen molar-refractivity contribution in [2.24, 2.45) is 0 Å². The molecule has 4 heteroatoms. The van der Waals surface area contributed by atoms with Gasteiger partial charge in [-0.25, -0.2) is 0 Å². The van der Waals surface area contributed by atoms with Crippen LogP contribution in [0.4, 0.5) is 13.2 Å². The maximum atomic E-state index is 12.0. The molecule has 0 aromatic carbocycles. The third-order valence-corrected chi connectivity index (χ3v) is 1.90. The smallest absolute Gasteiger partial charge is 0.295 e. The molecule has 1 aliphatic rings. The van der Waals surface area contributed by atoms with Gasteiger partial charge in [0.05, 0.1) is 0 Å². The van der Waals surface area contributed by atoms with Crippen molar-refractivity contribution >= 4 is 0 Å². The molecule has 0 aliphatic carbocycles. The first-order valence-electron chi connectivity index (χ1n) is 3.29. The van der Waals surface area contributed by atoms with Crippen LogP contribution in [-0.4, -0.2) is 30.7 Å². The molecule has 1 atom stereocenters. The van der Waals surface area contributed by atoms with Gasteiger partial charge in [0.25, 0.3) is 0 Å². The maximum absolute atomic E-state index is 12.0. The molecule has 0 N–H and O–H groups in total. The zero-order valence-electron chi connectivity index (χ0n) is 5.78. The van der Waals surface area contributed by atoms with Crippen molar-refractivity contribution in [2.45, 2.75) is 25.1 Å². The molecule has 60 valence electrons. The van der Waals surface area contributed by atoms with Crippen molar-refractivity contribution in [3.8, 4) is 0 Å². The lowest BCUT2D eigenvalue weighted by molar-refractivity contribution is -0.172. The van der Waals surface area contributed by atoms with Gasteiger partial charge in [-0.05, 0) is 26.4 Å². The Kier molecular flexibility index (Phi) is 1.90. The lowest BCUT2D eigenvalue weighted by Crippen LogP contribution is -2.38. The SMILES string of the molecule is CN1CCCC1C(F)(F)F. The van der Waals surface area contributed by atoms with Gasteiger partial charge in [0.2, 0.25) is 0 Å². The van der Waals surface area contributed by atoms with E-state index in [4.69, 9.17) is 0 Å². The van der Waals surface area contributed by atoms with Gasteiger partial charge in [-0.2, -0.15) is 13.2 Å². The second kappa shape index (κ2) is 2.42. The molecule has 1 nitrogen and oxygen atoms in total. The van der Waals surface area contributed by atoms with Gasteiger partial charge < -0.3 is 0 Å². The fourth-order valence-corrected chi connectivity index (χ4v) is 1.32. The van der Waals surface area contributed by atoms with Crippen LogP contribution in [0.1, 0.15) is 12.8 Å². The van der Waals surface area contributed by atoms with E-state index < -0.39 is 12.2 Å². The van der Waals surface area contributed by atoms with Crippen LogP contribution < -0.4 is 0 Å². The minimum Gasteiger partial charge on any atom is -0.295 e. The zero-order chi connectivity index (χ0) is 7.78. The molecule has 0 radical (unpaired) electrons. The van der Waals surface area contributed by atoms with Crippen molar-refractivity contribution in [1.82, 2.24) is 4.90 Å². The molecule has 1 fully saturated rings. The molecule has 1 rings (SSSR count). The normalized spacial score (nSPS) is 29.4. The fraction of sp³-hybridized carbons (Fsp3) is 1.00. The van der Waals surface area contributed by atoms with Gasteiger partial charge in [0.1, 0.15) is 6.04 Å². The first kappa shape index (κ1) is 7.85. The van der Waals surface area contributed by atoms with E-state index in [-0.39, 0.29) is 6.42 Å². The zero-order valence-corrected chi connectivity index (χ0v) is 5.78. The molecular formula is C6H10F3N. The Morgan fingerprint density at radius 1 is 1.40 bits per heavy atom. The summed E-state index contributed by atoms with van der Waals surface area (Å²) < 4.78 is 35.9. The summed E-state index contributed by atoms with van der Waals surface area (Å²) >= 11 is 0. The molecule has 0 bridgehead atoms. The number of hydrogen-bond acceptors (Lipinski definition) is 1. The predicted molar refractivity (Wildman–Crippen MR) is 31.7 cm³/mol. The molecule has 0 saturated carbocycles. The van der Waals surface area contributed by atoms with Crippen molar-refractivity contribution < 1.29 is 13.2 Å². The van der Waals surface area contributed by atoms with Gasteiger partial charge in [0.15, 0.2) is 0 Å². The van der Waals surface area contributed by atoms with E-state index in [1.54, 1.807) is 0 Å². The third-order valence-electron chi connectivity index (χ3n) is 1.90. The number of hydrogen-bond donors (Lipinski definition) is 0. The second-order valence-corrected chi connectivity index (χ2v) is 2.68. The average Bonchev–Trinajstić information content (AvgIpc) is 2.11. The van der Waals surface area contributed by atoms with Crippen LogP contribution >= 0.6 is 0 Å². The average molecular weight is 153 g/mol. The summed E-state index contributed by atoms with van der Waals surface area (Å²) in [6.07, 6.45) is -3.09. The summed E-state index contributed by atoms with van der Waals surface area (Å²) in [6, 6.07) is -1.19. The van der Waals surface area contributed by atoms with E-state index in [1.165, 1.54) is 11.9 Å². The minimum atomic E-state index is -4.02. The topological polar surface area (TPSA) is 3.24 Å².